The summed E-state index contributed by atoms with van der Waals surface area (Å²) in [6, 6.07) is 0. The minimum atomic E-state index is -0.603. The summed E-state index contributed by atoms with van der Waals surface area (Å²) in [6.45, 7) is 8.73. The Labute approximate surface area is 103 Å². The molecule has 0 atom stereocenters. The zero-order chi connectivity index (χ0) is 13.1. The lowest BCUT2D eigenvalue weighted by molar-refractivity contribution is -0.158. The molecule has 0 spiro atoms. The molecule has 0 bridgehead atoms. The fraction of sp³-hybridized carbons (Fsp3) is 0.818. The van der Waals surface area contributed by atoms with Crippen molar-refractivity contribution in [1.29, 1.82) is 0 Å². The van der Waals surface area contributed by atoms with Gasteiger partial charge in [-0.2, -0.15) is 10.1 Å². The van der Waals surface area contributed by atoms with E-state index in [-0.39, 0.29) is 11.9 Å². The molecule has 0 radical (unpaired) electrons. The van der Waals surface area contributed by atoms with Gasteiger partial charge in [0, 0.05) is 0 Å². The molecule has 6 nitrogen and oxygen atoms in total. The fourth-order valence-corrected chi connectivity index (χ4v) is 1.67. The molecule has 1 heterocycles. The Morgan fingerprint density at radius 2 is 2.00 bits per heavy atom. The number of aliphatic imine (C=N–C) groups is 2. The molecule has 0 fully saturated rings. The van der Waals surface area contributed by atoms with Crippen LogP contribution in [0, 0.1) is 5.92 Å². The maximum absolute atomic E-state index is 5.78. The van der Waals surface area contributed by atoms with Crippen molar-refractivity contribution in [2.24, 2.45) is 27.4 Å². The first kappa shape index (κ1) is 13.8. The summed E-state index contributed by atoms with van der Waals surface area (Å²) in [5.41, 5.74) is 10.7. The molecule has 0 aromatic rings. The minimum Gasteiger partial charge on any atom is -0.368 e. The number of guanidine groups is 2. The van der Waals surface area contributed by atoms with E-state index in [1.54, 1.807) is 0 Å². The van der Waals surface area contributed by atoms with E-state index in [4.69, 9.17) is 16.3 Å². The maximum Gasteiger partial charge on any atom is 0.226 e. The maximum atomic E-state index is 5.78. The average molecular weight is 241 g/mol. The van der Waals surface area contributed by atoms with E-state index in [9.17, 15) is 0 Å². The van der Waals surface area contributed by atoms with E-state index >= 15 is 0 Å². The lowest BCUT2D eigenvalue weighted by Gasteiger charge is -2.36. The van der Waals surface area contributed by atoms with Crippen LogP contribution in [0.25, 0.3) is 0 Å². The summed E-state index contributed by atoms with van der Waals surface area (Å²) in [4.78, 5) is 13.7. The van der Waals surface area contributed by atoms with Crippen molar-refractivity contribution < 1.29 is 4.84 Å². The number of nitrogens with two attached hydrogens (primary N) is 2. The van der Waals surface area contributed by atoms with Crippen molar-refractivity contribution in [3.05, 3.63) is 0 Å². The number of hydrogen-bond acceptors (Lipinski definition) is 6. The second kappa shape index (κ2) is 5.35. The predicted molar refractivity (Wildman–Crippen MR) is 69.2 cm³/mol. The Morgan fingerprint density at radius 3 is 2.53 bits per heavy atom. The number of hydrogen-bond donors (Lipinski definition) is 2. The molecule has 17 heavy (non-hydrogen) atoms. The summed E-state index contributed by atoms with van der Waals surface area (Å²) < 4.78 is 0. The molecule has 1 aliphatic rings. The van der Waals surface area contributed by atoms with E-state index in [0.717, 1.165) is 12.8 Å². The monoisotopic (exact) mass is 241 g/mol. The van der Waals surface area contributed by atoms with Crippen molar-refractivity contribution in [2.75, 3.05) is 6.61 Å². The highest BCUT2D eigenvalue weighted by Crippen LogP contribution is 2.20. The molecule has 0 aromatic carbocycles. The largest absolute Gasteiger partial charge is 0.368 e. The summed E-state index contributed by atoms with van der Waals surface area (Å²) in [6.07, 6.45) is 2.10. The lowest BCUT2D eigenvalue weighted by Crippen LogP contribution is -2.53. The molecule has 0 aromatic heterocycles. The van der Waals surface area contributed by atoms with Gasteiger partial charge >= 0.3 is 0 Å². The first-order valence-electron chi connectivity index (χ1n) is 5.95. The van der Waals surface area contributed by atoms with Gasteiger partial charge in [0.2, 0.25) is 11.9 Å². The molecule has 98 valence electrons. The quantitative estimate of drug-likeness (QED) is 0.704. The van der Waals surface area contributed by atoms with Crippen LogP contribution in [0.1, 0.15) is 40.5 Å². The van der Waals surface area contributed by atoms with Crippen LogP contribution in [0.3, 0.4) is 0 Å². The third-order valence-corrected chi connectivity index (χ3v) is 2.47. The standard InChI is InChI=1S/C11H23N5O/c1-8(2)6-5-7-17-16-10(13)14-9(12)15-11(16,3)4/h8H,5-7H2,1-4H3,(H4,12,13,14,15). The van der Waals surface area contributed by atoms with Crippen LogP contribution in [-0.4, -0.2) is 29.3 Å². The van der Waals surface area contributed by atoms with Gasteiger partial charge in [-0.15, -0.1) is 0 Å². The molecule has 1 aliphatic heterocycles. The van der Waals surface area contributed by atoms with Crippen LogP contribution >= 0.6 is 0 Å². The van der Waals surface area contributed by atoms with E-state index < -0.39 is 5.66 Å². The minimum absolute atomic E-state index is 0.189. The van der Waals surface area contributed by atoms with Crippen LogP contribution in [0.15, 0.2) is 9.98 Å². The van der Waals surface area contributed by atoms with Gasteiger partial charge in [0.1, 0.15) is 0 Å². The van der Waals surface area contributed by atoms with Crippen LogP contribution in [-0.2, 0) is 4.84 Å². The third-order valence-electron chi connectivity index (χ3n) is 2.47. The Balaban J connectivity index is 2.50. The van der Waals surface area contributed by atoms with Gasteiger partial charge < -0.3 is 11.5 Å². The third kappa shape index (κ3) is 3.89. The van der Waals surface area contributed by atoms with E-state index in [1.165, 1.54) is 5.06 Å². The zero-order valence-electron chi connectivity index (χ0n) is 11.1. The van der Waals surface area contributed by atoms with E-state index in [1.807, 2.05) is 13.8 Å². The van der Waals surface area contributed by atoms with Crippen molar-refractivity contribution in [3.8, 4) is 0 Å². The Bertz CT molecular complexity index is 322. The van der Waals surface area contributed by atoms with Crippen molar-refractivity contribution in [1.82, 2.24) is 5.06 Å². The Kier molecular flexibility index (Phi) is 4.34. The van der Waals surface area contributed by atoms with Gasteiger partial charge in [0.15, 0.2) is 5.66 Å². The van der Waals surface area contributed by atoms with Crippen LogP contribution in [0.4, 0.5) is 0 Å². The van der Waals surface area contributed by atoms with Crippen LogP contribution in [0.5, 0.6) is 0 Å². The molecule has 4 N–H and O–H groups in total. The summed E-state index contributed by atoms with van der Waals surface area (Å²) >= 11 is 0. The number of hydroxylamine groups is 2. The van der Waals surface area contributed by atoms with Gasteiger partial charge in [-0.1, -0.05) is 13.8 Å². The number of rotatable bonds is 5. The van der Waals surface area contributed by atoms with Crippen molar-refractivity contribution in [2.45, 2.75) is 46.2 Å². The van der Waals surface area contributed by atoms with Gasteiger partial charge in [-0.25, -0.2) is 4.99 Å². The molecule has 0 aliphatic carbocycles. The van der Waals surface area contributed by atoms with Crippen molar-refractivity contribution in [3.63, 3.8) is 0 Å². The molecule has 0 unspecified atom stereocenters. The smallest absolute Gasteiger partial charge is 0.226 e. The highest BCUT2D eigenvalue weighted by molar-refractivity contribution is 5.95. The molecule has 6 heteroatoms. The second-order valence-electron chi connectivity index (χ2n) is 5.10. The lowest BCUT2D eigenvalue weighted by atomic mass is 10.1. The summed E-state index contributed by atoms with van der Waals surface area (Å²) in [7, 11) is 0. The van der Waals surface area contributed by atoms with Crippen LogP contribution < -0.4 is 11.5 Å². The van der Waals surface area contributed by atoms with Crippen molar-refractivity contribution >= 4 is 11.9 Å². The SMILES string of the molecule is CC(C)CCCON1C(N)=NC(N)=NC1(C)C. The second-order valence-corrected chi connectivity index (χ2v) is 5.10. The van der Waals surface area contributed by atoms with Gasteiger partial charge in [-0.3, -0.25) is 4.84 Å². The molecular formula is C11H23N5O. The van der Waals surface area contributed by atoms with E-state index in [0.29, 0.717) is 12.5 Å². The Morgan fingerprint density at radius 1 is 1.35 bits per heavy atom. The van der Waals surface area contributed by atoms with Crippen LogP contribution in [0.2, 0.25) is 0 Å². The van der Waals surface area contributed by atoms with Gasteiger partial charge in [0.05, 0.1) is 6.61 Å². The number of nitrogens with zero attached hydrogens (tertiary/aromatic N) is 3. The first-order valence-corrected chi connectivity index (χ1v) is 5.95. The normalized spacial score (nSPS) is 19.2. The summed E-state index contributed by atoms with van der Waals surface area (Å²) in [5.74, 6) is 1.12. The molecule has 0 saturated carbocycles. The molecule has 1 rings (SSSR count). The highest BCUT2D eigenvalue weighted by atomic mass is 16.7. The first-order chi connectivity index (χ1) is 7.83. The van der Waals surface area contributed by atoms with Gasteiger partial charge in [-0.05, 0) is 32.6 Å². The molecule has 0 amide bonds. The topological polar surface area (TPSA) is 89.2 Å². The average Bonchev–Trinajstić information content (AvgIpc) is 2.13. The molecule has 0 saturated heterocycles. The fourth-order valence-electron chi connectivity index (χ4n) is 1.67. The predicted octanol–water partition coefficient (Wildman–Crippen LogP) is 1.04. The zero-order valence-corrected chi connectivity index (χ0v) is 11.1. The molecular weight excluding hydrogens is 218 g/mol. The van der Waals surface area contributed by atoms with Gasteiger partial charge in [0.25, 0.3) is 0 Å². The highest BCUT2D eigenvalue weighted by Gasteiger charge is 2.32. The Hall–Kier alpha value is -1.30. The van der Waals surface area contributed by atoms with E-state index in [2.05, 4.69) is 23.8 Å². The summed E-state index contributed by atoms with van der Waals surface area (Å²) in [5, 5.41) is 1.52.